The average molecular weight is 269 g/mol. The Bertz CT molecular complexity index is 267. The van der Waals surface area contributed by atoms with Gasteiger partial charge >= 0.3 is 5.97 Å². The summed E-state index contributed by atoms with van der Waals surface area (Å²) in [5, 5.41) is 8.80. The Morgan fingerprint density at radius 3 is 2.68 bits per heavy atom. The van der Waals surface area contributed by atoms with Crippen molar-refractivity contribution in [2.75, 3.05) is 13.1 Å². The molecule has 0 saturated carbocycles. The molecule has 0 aromatic heterocycles. The van der Waals surface area contributed by atoms with Crippen LogP contribution in [-0.2, 0) is 4.79 Å². The minimum Gasteiger partial charge on any atom is -0.481 e. The topological polar surface area (TPSA) is 40.5 Å². The summed E-state index contributed by atoms with van der Waals surface area (Å²) in [6, 6.07) is 0.697. The van der Waals surface area contributed by atoms with Gasteiger partial charge in [-0.15, -0.1) is 0 Å². The van der Waals surface area contributed by atoms with Crippen molar-refractivity contribution in [2.45, 2.75) is 71.8 Å². The highest BCUT2D eigenvalue weighted by atomic mass is 16.4. The van der Waals surface area contributed by atoms with Crippen molar-refractivity contribution in [1.82, 2.24) is 4.90 Å². The fraction of sp³-hybridized carbons (Fsp3) is 0.938. The maximum atomic E-state index is 10.7. The third-order valence-corrected chi connectivity index (χ3v) is 4.68. The molecule has 1 N–H and O–H groups in total. The third kappa shape index (κ3) is 5.94. The first-order chi connectivity index (χ1) is 9.06. The molecular weight excluding hydrogens is 238 g/mol. The van der Waals surface area contributed by atoms with Crippen molar-refractivity contribution in [3.63, 3.8) is 0 Å². The van der Waals surface area contributed by atoms with Gasteiger partial charge in [0.05, 0.1) is 0 Å². The Kier molecular flexibility index (Phi) is 7.44. The molecule has 1 rings (SSSR count). The Morgan fingerprint density at radius 2 is 2.11 bits per heavy atom. The van der Waals surface area contributed by atoms with Crippen LogP contribution in [0.2, 0.25) is 0 Å². The van der Waals surface area contributed by atoms with Crippen LogP contribution in [0.15, 0.2) is 0 Å². The predicted molar refractivity (Wildman–Crippen MR) is 79.3 cm³/mol. The predicted octanol–water partition coefficient (Wildman–Crippen LogP) is 3.78. The highest BCUT2D eigenvalue weighted by Gasteiger charge is 2.25. The fourth-order valence-electron chi connectivity index (χ4n) is 3.20. The lowest BCUT2D eigenvalue weighted by molar-refractivity contribution is -0.137. The Hall–Kier alpha value is -0.570. The summed E-state index contributed by atoms with van der Waals surface area (Å²) in [5.41, 5.74) is 0. The van der Waals surface area contributed by atoms with E-state index in [1.54, 1.807) is 0 Å². The van der Waals surface area contributed by atoms with Gasteiger partial charge in [0.15, 0.2) is 0 Å². The molecule has 1 aliphatic heterocycles. The van der Waals surface area contributed by atoms with Crippen molar-refractivity contribution in [3.8, 4) is 0 Å². The first kappa shape index (κ1) is 16.5. The molecule has 19 heavy (non-hydrogen) atoms. The molecule has 3 unspecified atom stereocenters. The molecule has 3 atom stereocenters. The molecule has 3 heteroatoms. The van der Waals surface area contributed by atoms with Crippen molar-refractivity contribution < 1.29 is 9.90 Å². The van der Waals surface area contributed by atoms with Gasteiger partial charge in [0.25, 0.3) is 0 Å². The number of hydrogen-bond donors (Lipinski definition) is 1. The normalized spacial score (nSPS) is 24.1. The highest BCUT2D eigenvalue weighted by molar-refractivity contribution is 5.66. The fourth-order valence-corrected chi connectivity index (χ4v) is 3.20. The van der Waals surface area contributed by atoms with Crippen molar-refractivity contribution >= 4 is 5.97 Å². The number of carbonyl (C=O) groups is 1. The van der Waals surface area contributed by atoms with Crippen molar-refractivity contribution in [2.24, 2.45) is 11.8 Å². The Balaban J connectivity index is 2.44. The van der Waals surface area contributed by atoms with E-state index < -0.39 is 5.97 Å². The average Bonchev–Trinajstić information content (AvgIpc) is 2.42. The molecule has 0 aromatic rings. The van der Waals surface area contributed by atoms with Gasteiger partial charge in [0.2, 0.25) is 0 Å². The van der Waals surface area contributed by atoms with Crippen LogP contribution in [0.1, 0.15) is 65.7 Å². The summed E-state index contributed by atoms with van der Waals surface area (Å²) in [7, 11) is 0. The largest absolute Gasteiger partial charge is 0.481 e. The van der Waals surface area contributed by atoms with Gasteiger partial charge in [-0.25, -0.2) is 0 Å². The molecule has 0 aliphatic carbocycles. The third-order valence-electron chi connectivity index (χ3n) is 4.68. The number of carboxylic acid groups (broad SMARTS) is 1. The van der Waals surface area contributed by atoms with E-state index in [1.165, 1.54) is 38.6 Å². The lowest BCUT2D eigenvalue weighted by Gasteiger charge is -2.39. The number of nitrogens with zero attached hydrogens (tertiary/aromatic N) is 1. The molecular formula is C16H31NO2. The number of aliphatic carboxylic acids is 1. The van der Waals surface area contributed by atoms with Gasteiger partial charge in [-0.2, -0.15) is 0 Å². The van der Waals surface area contributed by atoms with E-state index in [1.807, 2.05) is 0 Å². The van der Waals surface area contributed by atoms with E-state index in [4.69, 9.17) is 5.11 Å². The van der Waals surface area contributed by atoms with Gasteiger partial charge in [0, 0.05) is 19.0 Å². The highest BCUT2D eigenvalue weighted by Crippen LogP contribution is 2.26. The van der Waals surface area contributed by atoms with Crippen LogP contribution in [-0.4, -0.2) is 35.1 Å². The SMILES string of the molecule is CCC(C)CC(CC)N1CCCC(CCC(=O)O)C1. The zero-order valence-corrected chi connectivity index (χ0v) is 12.9. The summed E-state index contributed by atoms with van der Waals surface area (Å²) in [5.74, 6) is 0.740. The van der Waals surface area contributed by atoms with Crippen molar-refractivity contribution in [3.05, 3.63) is 0 Å². The molecule has 1 aliphatic rings. The zero-order chi connectivity index (χ0) is 14.3. The number of rotatable bonds is 8. The van der Waals surface area contributed by atoms with Crippen LogP contribution in [0.4, 0.5) is 0 Å². The van der Waals surface area contributed by atoms with Crippen LogP contribution in [0, 0.1) is 11.8 Å². The quantitative estimate of drug-likeness (QED) is 0.729. The van der Waals surface area contributed by atoms with Crippen LogP contribution in [0.3, 0.4) is 0 Å². The van der Waals surface area contributed by atoms with Crippen LogP contribution in [0.25, 0.3) is 0 Å². The molecule has 0 spiro atoms. The molecule has 0 bridgehead atoms. The maximum absolute atomic E-state index is 10.7. The lowest BCUT2D eigenvalue weighted by Crippen LogP contribution is -2.43. The van der Waals surface area contributed by atoms with Crippen molar-refractivity contribution in [1.29, 1.82) is 0 Å². The van der Waals surface area contributed by atoms with Gasteiger partial charge in [-0.05, 0) is 50.5 Å². The standard InChI is InChI=1S/C16H31NO2/c1-4-13(3)11-15(5-2)17-10-6-7-14(12-17)8-9-16(18)19/h13-15H,4-12H2,1-3H3,(H,18,19). The molecule has 0 radical (unpaired) electrons. The van der Waals surface area contributed by atoms with E-state index >= 15 is 0 Å². The summed E-state index contributed by atoms with van der Waals surface area (Å²) in [6.45, 7) is 9.21. The summed E-state index contributed by atoms with van der Waals surface area (Å²) >= 11 is 0. The molecule has 1 heterocycles. The molecule has 0 aromatic carbocycles. The van der Waals surface area contributed by atoms with Gasteiger partial charge in [-0.3, -0.25) is 4.79 Å². The van der Waals surface area contributed by atoms with Crippen LogP contribution < -0.4 is 0 Å². The van der Waals surface area contributed by atoms with Crippen LogP contribution in [0.5, 0.6) is 0 Å². The molecule has 0 amide bonds. The van der Waals surface area contributed by atoms with Gasteiger partial charge in [0.1, 0.15) is 0 Å². The summed E-state index contributed by atoms with van der Waals surface area (Å²) in [4.78, 5) is 13.3. The number of likely N-dealkylation sites (tertiary alicyclic amines) is 1. The van der Waals surface area contributed by atoms with E-state index in [2.05, 4.69) is 25.7 Å². The first-order valence-corrected chi connectivity index (χ1v) is 8.02. The number of hydrogen-bond acceptors (Lipinski definition) is 2. The molecule has 1 fully saturated rings. The van der Waals surface area contributed by atoms with Gasteiger partial charge < -0.3 is 10.0 Å². The maximum Gasteiger partial charge on any atom is 0.303 e. The lowest BCUT2D eigenvalue weighted by atomic mass is 9.90. The molecule has 112 valence electrons. The number of carboxylic acids is 1. The van der Waals surface area contributed by atoms with Gasteiger partial charge in [-0.1, -0.05) is 27.2 Å². The first-order valence-electron chi connectivity index (χ1n) is 8.02. The van der Waals surface area contributed by atoms with E-state index in [-0.39, 0.29) is 0 Å². The second-order valence-electron chi connectivity index (χ2n) is 6.25. The second kappa shape index (κ2) is 8.57. The molecule has 1 saturated heterocycles. The number of piperidine rings is 1. The molecule has 3 nitrogen and oxygen atoms in total. The second-order valence-corrected chi connectivity index (χ2v) is 6.25. The smallest absolute Gasteiger partial charge is 0.303 e. The van der Waals surface area contributed by atoms with Crippen LogP contribution >= 0.6 is 0 Å². The monoisotopic (exact) mass is 269 g/mol. The van der Waals surface area contributed by atoms with E-state index in [0.29, 0.717) is 18.4 Å². The zero-order valence-electron chi connectivity index (χ0n) is 12.9. The minimum atomic E-state index is -0.649. The van der Waals surface area contributed by atoms with E-state index in [0.717, 1.165) is 18.9 Å². The Morgan fingerprint density at radius 1 is 1.37 bits per heavy atom. The minimum absolute atomic E-state index is 0.334. The summed E-state index contributed by atoms with van der Waals surface area (Å²) < 4.78 is 0. The Labute approximate surface area is 118 Å². The van der Waals surface area contributed by atoms with E-state index in [9.17, 15) is 4.79 Å². The summed E-state index contributed by atoms with van der Waals surface area (Å²) in [6.07, 6.45) is 7.40.